The molecular weight excluding hydrogens is 1110 g/mol. The summed E-state index contributed by atoms with van der Waals surface area (Å²) in [5.41, 5.74) is 4.81. The summed E-state index contributed by atoms with van der Waals surface area (Å²) in [5, 5.41) is 22.4. The Kier molecular flexibility index (Phi) is 17.2. The number of carboxylic acid groups (broad SMARTS) is 1. The van der Waals surface area contributed by atoms with Crippen molar-refractivity contribution in [2.45, 2.75) is 104 Å². The van der Waals surface area contributed by atoms with Crippen LogP contribution in [0.3, 0.4) is 0 Å². The summed E-state index contributed by atoms with van der Waals surface area (Å²) in [4.78, 5) is 92.4. The number of carboxylic acids is 1. The molecule has 4 saturated carbocycles. The molecule has 4 aromatic heterocycles. The molecule has 7 aromatic rings. The van der Waals surface area contributed by atoms with Gasteiger partial charge in [-0.05, 0) is 129 Å². The molecule has 5 aliphatic rings. The predicted molar refractivity (Wildman–Crippen MR) is 322 cm³/mol. The fourth-order valence-corrected chi connectivity index (χ4v) is 15.3. The van der Waals surface area contributed by atoms with Gasteiger partial charge in [-0.25, -0.2) is 19.6 Å². The number of unbranched alkanes of at least 4 members (excludes halogenated alkanes) is 2. The summed E-state index contributed by atoms with van der Waals surface area (Å²) in [7, 11) is 1.70. The Bertz CT molecular complexity index is 3710. The third kappa shape index (κ3) is 13.2. The topological polar surface area (TPSA) is 247 Å². The van der Waals surface area contributed by atoms with Gasteiger partial charge in [0.25, 0.3) is 17.7 Å². The maximum atomic E-state index is 13.7. The molecule has 2 unspecified atom stereocenters. The van der Waals surface area contributed by atoms with Crippen LogP contribution in [0.4, 0.5) is 9.93 Å². The lowest BCUT2D eigenvalue weighted by Crippen LogP contribution is -2.64. The number of benzene rings is 3. The molecule has 1 aliphatic heterocycles. The number of carbonyl (C=O) groups is 6. The molecule has 3 aromatic carbocycles. The number of hydrogen-bond acceptors (Lipinski definition) is 15. The van der Waals surface area contributed by atoms with E-state index < -0.39 is 17.7 Å². The number of hydrogen-bond donors (Lipinski definition) is 3. The average Bonchev–Trinajstić information content (AvgIpc) is 0.882. The molecule has 0 saturated heterocycles. The van der Waals surface area contributed by atoms with Crippen LogP contribution >= 0.6 is 11.3 Å². The molecule has 12 rings (SSSR count). The molecule has 21 heteroatoms. The van der Waals surface area contributed by atoms with E-state index in [1.807, 2.05) is 48.0 Å². The summed E-state index contributed by atoms with van der Waals surface area (Å²) < 4.78 is 27.4. The van der Waals surface area contributed by atoms with Crippen molar-refractivity contribution in [3.05, 3.63) is 132 Å². The van der Waals surface area contributed by atoms with E-state index in [0.717, 1.165) is 60.9 Å². The van der Waals surface area contributed by atoms with Crippen molar-refractivity contribution in [3.8, 4) is 28.1 Å². The van der Waals surface area contributed by atoms with E-state index in [1.54, 1.807) is 61.9 Å². The number of imide groups is 1. The van der Waals surface area contributed by atoms with Crippen LogP contribution in [0.1, 0.15) is 110 Å². The highest BCUT2D eigenvalue weighted by Gasteiger charge is 2.66. The minimum absolute atomic E-state index is 0.0100. The maximum absolute atomic E-state index is 13.7. The largest absolute Gasteiger partial charge is 0.491 e. The first-order valence-corrected chi connectivity index (χ1v) is 30.0. The van der Waals surface area contributed by atoms with Gasteiger partial charge in [0.15, 0.2) is 10.8 Å². The number of ether oxygens (including phenoxy) is 4. The monoisotopic (exact) mass is 1180 g/mol. The van der Waals surface area contributed by atoms with Crippen molar-refractivity contribution < 1.29 is 52.8 Å². The molecule has 5 heterocycles. The number of aromatic carboxylic acids is 1. The first-order chi connectivity index (χ1) is 41.4. The first-order valence-electron chi connectivity index (χ1n) is 29.2. The summed E-state index contributed by atoms with van der Waals surface area (Å²) in [5.74, 6) is -1.68. The van der Waals surface area contributed by atoms with Gasteiger partial charge < -0.3 is 34.3 Å². The minimum Gasteiger partial charge on any atom is -0.491 e. The number of para-hydroxylation sites is 1. The zero-order valence-electron chi connectivity index (χ0n) is 48.8. The van der Waals surface area contributed by atoms with Gasteiger partial charge in [0.05, 0.1) is 53.0 Å². The number of anilines is 1. The van der Waals surface area contributed by atoms with Gasteiger partial charge in [-0.2, -0.15) is 5.10 Å². The Labute approximate surface area is 502 Å². The lowest BCUT2D eigenvalue weighted by atomic mass is 9.39. The van der Waals surface area contributed by atoms with Crippen molar-refractivity contribution in [2.24, 2.45) is 16.2 Å². The SMILES string of the molecule is Cc1c(-c2ccc(-c3cnc4cccc(C(=O)Nc5nc6ccccc6s5)c4c3)nc2C(=O)O)cnn1CC12CC3(C)CC(C)(C1)CC(OCCN(C)C(=O)OCc1cc[c]cc1OCCOCCNC(=O)CCCCCN1C(=O)C=CC1=O)(C3)C2. The summed E-state index contributed by atoms with van der Waals surface area (Å²) in [6, 6.07) is 26.6. The number of fused-ring (bicyclic) bond motifs is 2. The molecule has 4 fully saturated rings. The van der Waals surface area contributed by atoms with E-state index in [9.17, 15) is 33.9 Å². The number of thiazole rings is 1. The van der Waals surface area contributed by atoms with Gasteiger partial charge in [-0.15, -0.1) is 0 Å². The van der Waals surface area contributed by atoms with Crippen LogP contribution in [0.2, 0.25) is 0 Å². The number of pyridine rings is 2. The number of nitrogens with one attached hydrogen (secondary N) is 2. The van der Waals surface area contributed by atoms with E-state index in [2.05, 4.69) is 40.5 Å². The molecule has 86 heavy (non-hydrogen) atoms. The van der Waals surface area contributed by atoms with Crippen LogP contribution in [0.15, 0.2) is 103 Å². The third-order valence-electron chi connectivity index (χ3n) is 17.1. The van der Waals surface area contributed by atoms with Crippen molar-refractivity contribution in [3.63, 3.8) is 0 Å². The first kappa shape index (κ1) is 59.3. The second kappa shape index (κ2) is 24.9. The molecule has 0 spiro atoms. The number of aromatic nitrogens is 5. The molecule has 4 aliphatic carbocycles. The minimum atomic E-state index is -1.18. The number of nitrogens with zero attached hydrogens (tertiary/aromatic N) is 7. The van der Waals surface area contributed by atoms with Crippen LogP contribution in [0, 0.1) is 29.2 Å². The van der Waals surface area contributed by atoms with Crippen molar-refractivity contribution >= 4 is 73.3 Å². The molecule has 4 bridgehead atoms. The molecule has 447 valence electrons. The van der Waals surface area contributed by atoms with E-state index >= 15 is 0 Å². The molecule has 1 radical (unpaired) electrons. The quantitative estimate of drug-likeness (QED) is 0.0337. The van der Waals surface area contributed by atoms with Gasteiger partial charge in [0.1, 0.15) is 19.0 Å². The molecule has 20 nitrogen and oxygen atoms in total. The highest BCUT2D eigenvalue weighted by Crippen LogP contribution is 2.72. The highest BCUT2D eigenvalue weighted by molar-refractivity contribution is 7.22. The number of rotatable bonds is 26. The molecular formula is C65H70N9O11S. The van der Waals surface area contributed by atoms with Crippen LogP contribution < -0.4 is 15.4 Å². The van der Waals surface area contributed by atoms with E-state index in [0.29, 0.717) is 114 Å². The van der Waals surface area contributed by atoms with Crippen LogP contribution in [-0.4, -0.2) is 134 Å². The Balaban J connectivity index is 0.661. The molecule has 2 atom stereocenters. The van der Waals surface area contributed by atoms with Gasteiger partial charge in [-0.3, -0.25) is 39.1 Å². The average molecular weight is 1190 g/mol. The molecule has 5 amide bonds. The van der Waals surface area contributed by atoms with Gasteiger partial charge >= 0.3 is 12.1 Å². The fourth-order valence-electron chi connectivity index (χ4n) is 14.4. The van der Waals surface area contributed by atoms with E-state index in [1.165, 1.54) is 33.3 Å². The number of likely N-dealkylation sites (N-methyl/N-ethyl adjacent to an activating group) is 1. The highest BCUT2D eigenvalue weighted by atomic mass is 32.1. The van der Waals surface area contributed by atoms with Crippen molar-refractivity contribution in [2.75, 3.05) is 58.4 Å². The summed E-state index contributed by atoms with van der Waals surface area (Å²) in [6.07, 6.45) is 13.6. The van der Waals surface area contributed by atoms with Crippen molar-refractivity contribution in [1.29, 1.82) is 0 Å². The maximum Gasteiger partial charge on any atom is 0.409 e. The molecule has 3 N–H and O–H groups in total. The normalized spacial score (nSPS) is 21.1. The zero-order chi connectivity index (χ0) is 60.2. The lowest BCUT2D eigenvalue weighted by Gasteiger charge is -2.69. The van der Waals surface area contributed by atoms with Crippen LogP contribution in [0.5, 0.6) is 5.75 Å². The van der Waals surface area contributed by atoms with Gasteiger partial charge in [0.2, 0.25) is 5.91 Å². The standard InChI is InChI=1S/C65H70N9O11S/c1-42-48(45-20-21-49(69-57(45)59(79)80)44-31-47-46(14-12-16-50(47)67-32-44)58(78)71-60-70-51-15-8-10-18-53(51)86-60)33-68-74(42)41-64-36-62(2)35-63(3,37-64)39-65(38-62,40-64)85-28-26-72(4)61(81)84-34-43-13-7-9-17-52(43)83-30-29-82-27-24-66-54(75)19-6-5-11-25-73-55(76)22-23-56(73)77/h7-8,10,12-18,20-23,31-33H,5-6,11,19,24-30,34-41H2,1-4H3,(H,66,75)(H,79,80)(H,70,71,78). The van der Waals surface area contributed by atoms with Gasteiger partial charge in [0, 0.05) is 96.9 Å². The Morgan fingerprint density at radius 2 is 1.63 bits per heavy atom. The van der Waals surface area contributed by atoms with E-state index in [-0.39, 0.29) is 65.4 Å². The zero-order valence-corrected chi connectivity index (χ0v) is 49.6. The fraction of sp³-hybridized carbons (Fsp3) is 0.415. The Hall–Kier alpha value is -8.40. The second-order valence-electron chi connectivity index (χ2n) is 24.2. The van der Waals surface area contributed by atoms with Crippen LogP contribution in [0.25, 0.3) is 43.5 Å². The lowest BCUT2D eigenvalue weighted by molar-refractivity contribution is -0.248. The summed E-state index contributed by atoms with van der Waals surface area (Å²) in [6.45, 7) is 9.55. The predicted octanol–water partition coefficient (Wildman–Crippen LogP) is 10.2. The Morgan fingerprint density at radius 3 is 2.42 bits per heavy atom. The van der Waals surface area contributed by atoms with Crippen molar-refractivity contribution in [1.82, 2.24) is 39.8 Å². The summed E-state index contributed by atoms with van der Waals surface area (Å²) >= 11 is 1.39. The third-order valence-corrected chi connectivity index (χ3v) is 18.0. The van der Waals surface area contributed by atoms with Crippen LogP contribution in [-0.2, 0) is 41.7 Å². The van der Waals surface area contributed by atoms with Gasteiger partial charge in [-0.1, -0.05) is 61.9 Å². The smallest absolute Gasteiger partial charge is 0.409 e. The Morgan fingerprint density at radius 1 is 0.837 bits per heavy atom. The second-order valence-corrected chi connectivity index (χ2v) is 25.3. The number of carbonyl (C=O) groups excluding carboxylic acids is 5. The van der Waals surface area contributed by atoms with E-state index in [4.69, 9.17) is 29.0 Å². The number of amides is 5.